The van der Waals surface area contributed by atoms with E-state index in [4.69, 9.17) is 9.68 Å². The molecule has 0 amide bonds. The van der Waals surface area contributed by atoms with Crippen LogP contribution in [0.15, 0.2) is 33.7 Å². The molecule has 0 saturated heterocycles. The Labute approximate surface area is 113 Å². The number of furan rings is 1. The Morgan fingerprint density at radius 1 is 1.40 bits per heavy atom. The Bertz CT molecular complexity index is 763. The van der Waals surface area contributed by atoms with E-state index in [0.717, 1.165) is 0 Å². The van der Waals surface area contributed by atoms with Gasteiger partial charge in [0.2, 0.25) is 5.78 Å². The maximum absolute atomic E-state index is 12.1. The summed E-state index contributed by atoms with van der Waals surface area (Å²) in [5.41, 5.74) is -0.240. The van der Waals surface area contributed by atoms with Crippen LogP contribution in [0.25, 0.3) is 0 Å². The summed E-state index contributed by atoms with van der Waals surface area (Å²) < 4.78 is 4.91. The molecule has 0 aliphatic heterocycles. The molecule has 0 saturated carbocycles. The van der Waals surface area contributed by atoms with Crippen LogP contribution in [0.4, 0.5) is 0 Å². The zero-order chi connectivity index (χ0) is 14.7. The number of carbonyl (C=O) groups is 2. The lowest BCUT2D eigenvalue weighted by Gasteiger charge is -2.04. The fourth-order valence-electron chi connectivity index (χ4n) is 1.76. The summed E-state index contributed by atoms with van der Waals surface area (Å²) in [5, 5.41) is 8.78. The van der Waals surface area contributed by atoms with E-state index in [1.807, 2.05) is 0 Å². The van der Waals surface area contributed by atoms with Crippen LogP contribution in [0.5, 0.6) is 0 Å². The molecule has 0 aliphatic carbocycles. The summed E-state index contributed by atoms with van der Waals surface area (Å²) in [6.07, 6.45) is 0.960. The van der Waals surface area contributed by atoms with Gasteiger partial charge >= 0.3 is 0 Å². The van der Waals surface area contributed by atoms with Crippen LogP contribution in [0.2, 0.25) is 0 Å². The third-order valence-corrected chi connectivity index (χ3v) is 2.78. The molecule has 6 heteroatoms. The zero-order valence-electron chi connectivity index (χ0n) is 10.6. The molecule has 6 nitrogen and oxygen atoms in total. The Morgan fingerprint density at radius 3 is 2.75 bits per heavy atom. The van der Waals surface area contributed by atoms with E-state index >= 15 is 0 Å². The minimum atomic E-state index is -0.557. The average molecular weight is 270 g/mol. The van der Waals surface area contributed by atoms with Gasteiger partial charge in [-0.25, -0.2) is 0 Å². The van der Waals surface area contributed by atoms with Crippen molar-refractivity contribution in [2.24, 2.45) is 0 Å². The predicted molar refractivity (Wildman–Crippen MR) is 68.5 cm³/mol. The minimum Gasteiger partial charge on any atom is -0.461 e. The highest BCUT2D eigenvalue weighted by Crippen LogP contribution is 2.11. The van der Waals surface area contributed by atoms with Gasteiger partial charge in [0, 0.05) is 11.3 Å². The summed E-state index contributed by atoms with van der Waals surface area (Å²) in [6, 6.07) is 5.92. The van der Waals surface area contributed by atoms with Crippen LogP contribution >= 0.6 is 0 Å². The van der Waals surface area contributed by atoms with Crippen molar-refractivity contribution in [3.8, 4) is 6.07 Å². The number of nitriles is 1. The van der Waals surface area contributed by atoms with Crippen molar-refractivity contribution in [2.45, 2.75) is 13.3 Å². The van der Waals surface area contributed by atoms with Crippen LogP contribution in [-0.2, 0) is 0 Å². The summed E-state index contributed by atoms with van der Waals surface area (Å²) in [4.78, 5) is 37.6. The molecule has 0 bridgehead atoms. The quantitative estimate of drug-likeness (QED) is 0.671. The largest absolute Gasteiger partial charge is 0.461 e. The molecule has 0 unspecified atom stereocenters. The normalized spacial score (nSPS) is 10.0. The highest BCUT2D eigenvalue weighted by Gasteiger charge is 2.18. The summed E-state index contributed by atoms with van der Waals surface area (Å²) in [7, 11) is 0. The van der Waals surface area contributed by atoms with Crippen LogP contribution in [-0.4, -0.2) is 16.6 Å². The van der Waals surface area contributed by atoms with Gasteiger partial charge in [0.25, 0.3) is 5.56 Å². The van der Waals surface area contributed by atoms with Crippen molar-refractivity contribution < 1.29 is 14.0 Å². The molecule has 0 radical (unpaired) electrons. The van der Waals surface area contributed by atoms with E-state index in [1.165, 1.54) is 25.3 Å². The fourth-order valence-corrected chi connectivity index (χ4v) is 1.76. The number of nitrogens with zero attached hydrogens (tertiary/aromatic N) is 1. The van der Waals surface area contributed by atoms with E-state index in [1.54, 1.807) is 12.1 Å². The van der Waals surface area contributed by atoms with Gasteiger partial charge in [-0.15, -0.1) is 0 Å². The standard InChI is InChI=1S/C14H10N2O4/c1-8-10(5-9(7-15)14(19)16-8)11(17)6-12(18)13-3-2-4-20-13/h2-5H,6H2,1H3,(H,16,19). The van der Waals surface area contributed by atoms with Crippen molar-refractivity contribution in [3.63, 3.8) is 0 Å². The third kappa shape index (κ3) is 2.57. The number of ketones is 2. The van der Waals surface area contributed by atoms with Gasteiger partial charge < -0.3 is 9.40 Å². The molecule has 2 aromatic heterocycles. The van der Waals surface area contributed by atoms with E-state index in [0.29, 0.717) is 5.69 Å². The first-order valence-corrected chi connectivity index (χ1v) is 5.77. The highest BCUT2D eigenvalue weighted by molar-refractivity contribution is 6.13. The van der Waals surface area contributed by atoms with Crippen molar-refractivity contribution in [2.75, 3.05) is 0 Å². The van der Waals surface area contributed by atoms with Crippen LogP contribution in [0.3, 0.4) is 0 Å². The SMILES string of the molecule is Cc1[nH]c(=O)c(C#N)cc1C(=O)CC(=O)c1ccco1. The van der Waals surface area contributed by atoms with Gasteiger partial charge in [-0.05, 0) is 25.1 Å². The van der Waals surface area contributed by atoms with Crippen LogP contribution in [0, 0.1) is 18.3 Å². The van der Waals surface area contributed by atoms with Gasteiger partial charge in [0.05, 0.1) is 12.7 Å². The van der Waals surface area contributed by atoms with Gasteiger partial charge in [0.15, 0.2) is 11.5 Å². The van der Waals surface area contributed by atoms with Gasteiger partial charge in [-0.1, -0.05) is 0 Å². The number of pyridine rings is 1. The maximum atomic E-state index is 12.1. The van der Waals surface area contributed by atoms with Gasteiger partial charge in [-0.2, -0.15) is 5.26 Å². The van der Waals surface area contributed by atoms with Crippen molar-refractivity contribution in [1.82, 2.24) is 4.98 Å². The summed E-state index contributed by atoms with van der Waals surface area (Å²) in [6.45, 7) is 1.53. The zero-order valence-corrected chi connectivity index (χ0v) is 10.6. The third-order valence-electron chi connectivity index (χ3n) is 2.78. The number of aromatic nitrogens is 1. The van der Waals surface area contributed by atoms with E-state index in [2.05, 4.69) is 4.98 Å². The topological polar surface area (TPSA) is 104 Å². The second-order valence-electron chi connectivity index (χ2n) is 4.16. The Balaban J connectivity index is 2.28. The molecule has 2 aromatic rings. The second-order valence-corrected chi connectivity index (χ2v) is 4.16. The lowest BCUT2D eigenvalue weighted by molar-refractivity contribution is 0.0877. The Morgan fingerprint density at radius 2 is 2.15 bits per heavy atom. The fraction of sp³-hybridized carbons (Fsp3) is 0.143. The molecule has 0 spiro atoms. The number of H-pyrrole nitrogens is 1. The number of nitrogens with one attached hydrogen (secondary N) is 1. The first-order valence-electron chi connectivity index (χ1n) is 5.77. The molecule has 2 heterocycles. The summed E-state index contributed by atoms with van der Waals surface area (Å²) in [5.74, 6) is -0.832. The second kappa shape index (κ2) is 5.36. The molecule has 1 N–H and O–H groups in total. The van der Waals surface area contributed by atoms with Crippen molar-refractivity contribution in [3.05, 3.63) is 57.4 Å². The van der Waals surface area contributed by atoms with Gasteiger partial charge in [-0.3, -0.25) is 14.4 Å². The minimum absolute atomic E-state index is 0.0981. The number of rotatable bonds is 4. The van der Waals surface area contributed by atoms with Crippen molar-refractivity contribution in [1.29, 1.82) is 5.26 Å². The molecule has 0 aliphatic rings. The lowest BCUT2D eigenvalue weighted by atomic mass is 10.0. The Hall–Kier alpha value is -2.94. The molecule has 0 fully saturated rings. The van der Waals surface area contributed by atoms with E-state index in [-0.39, 0.29) is 23.3 Å². The molecular formula is C14H10N2O4. The molecule has 100 valence electrons. The number of aryl methyl sites for hydroxylation is 1. The number of hydrogen-bond donors (Lipinski definition) is 1. The van der Waals surface area contributed by atoms with Crippen LogP contribution < -0.4 is 5.56 Å². The summed E-state index contributed by atoms with van der Waals surface area (Å²) >= 11 is 0. The molecular weight excluding hydrogens is 260 g/mol. The number of aromatic amines is 1. The van der Waals surface area contributed by atoms with E-state index in [9.17, 15) is 14.4 Å². The first-order chi connectivity index (χ1) is 9.52. The molecule has 0 aromatic carbocycles. The maximum Gasteiger partial charge on any atom is 0.266 e. The number of Topliss-reactive ketones (excluding diaryl/α,β-unsaturated/α-hetero) is 2. The molecule has 20 heavy (non-hydrogen) atoms. The van der Waals surface area contributed by atoms with Crippen LogP contribution in [0.1, 0.15) is 38.6 Å². The first kappa shape index (κ1) is 13.5. The monoisotopic (exact) mass is 270 g/mol. The number of carbonyl (C=O) groups excluding carboxylic acids is 2. The number of hydrogen-bond acceptors (Lipinski definition) is 5. The molecule has 0 atom stereocenters. The highest BCUT2D eigenvalue weighted by atomic mass is 16.3. The Kier molecular flexibility index (Phi) is 3.62. The predicted octanol–water partition coefficient (Wildman–Crippen LogP) is 1.60. The molecule has 2 rings (SSSR count). The smallest absolute Gasteiger partial charge is 0.266 e. The average Bonchev–Trinajstić information content (AvgIpc) is 2.92. The van der Waals surface area contributed by atoms with Crippen molar-refractivity contribution >= 4 is 11.6 Å². The van der Waals surface area contributed by atoms with E-state index < -0.39 is 17.1 Å². The van der Waals surface area contributed by atoms with Gasteiger partial charge in [0.1, 0.15) is 11.6 Å². The lowest BCUT2D eigenvalue weighted by Crippen LogP contribution is -2.17.